The number of anilines is 1. The second-order valence-electron chi connectivity index (χ2n) is 6.17. The Morgan fingerprint density at radius 3 is 2.17 bits per heavy atom. The van der Waals surface area contributed by atoms with Gasteiger partial charge in [-0.25, -0.2) is 4.39 Å². The van der Waals surface area contributed by atoms with Crippen LogP contribution in [-0.4, -0.2) is 13.0 Å². The number of carbonyl (C=O) groups is 1. The molecule has 0 bridgehead atoms. The van der Waals surface area contributed by atoms with E-state index in [2.05, 4.69) is 13.8 Å². The molecule has 120 valence electrons. The van der Waals surface area contributed by atoms with Crippen LogP contribution in [0.4, 0.5) is 10.1 Å². The van der Waals surface area contributed by atoms with Gasteiger partial charge in [0.1, 0.15) is 11.6 Å². The van der Waals surface area contributed by atoms with Gasteiger partial charge in [-0.1, -0.05) is 26.0 Å². The van der Waals surface area contributed by atoms with Crippen molar-refractivity contribution in [2.75, 3.05) is 12.0 Å². The zero-order chi connectivity index (χ0) is 16.6. The third-order valence-corrected chi connectivity index (χ3v) is 4.42. The summed E-state index contributed by atoms with van der Waals surface area (Å²) in [5.41, 5.74) is 1.79. The molecule has 23 heavy (non-hydrogen) atoms. The highest BCUT2D eigenvalue weighted by molar-refractivity contribution is 6.03. The Labute approximate surface area is 135 Å². The van der Waals surface area contributed by atoms with Crippen molar-refractivity contribution in [2.24, 2.45) is 11.8 Å². The van der Waals surface area contributed by atoms with E-state index in [1.807, 2.05) is 24.3 Å². The van der Waals surface area contributed by atoms with Crippen LogP contribution in [0.2, 0.25) is 0 Å². The van der Waals surface area contributed by atoms with E-state index in [9.17, 15) is 9.18 Å². The summed E-state index contributed by atoms with van der Waals surface area (Å²) in [5, 5.41) is 0. The Morgan fingerprint density at radius 1 is 1.04 bits per heavy atom. The summed E-state index contributed by atoms with van der Waals surface area (Å²) >= 11 is 0. The maximum absolute atomic E-state index is 13.2. The molecule has 4 heteroatoms. The highest BCUT2D eigenvalue weighted by Gasteiger charge is 2.50. The molecule has 2 aromatic rings. The summed E-state index contributed by atoms with van der Waals surface area (Å²) in [7, 11) is 1.63. The van der Waals surface area contributed by atoms with E-state index in [4.69, 9.17) is 4.74 Å². The van der Waals surface area contributed by atoms with Crippen LogP contribution in [0.1, 0.15) is 25.5 Å². The Balaban J connectivity index is 1.97. The fourth-order valence-corrected chi connectivity index (χ4v) is 3.21. The van der Waals surface area contributed by atoms with Crippen LogP contribution in [0.3, 0.4) is 0 Å². The lowest BCUT2D eigenvalue weighted by Crippen LogP contribution is -2.57. The van der Waals surface area contributed by atoms with Gasteiger partial charge in [0.05, 0.1) is 19.1 Å². The lowest BCUT2D eigenvalue weighted by molar-refractivity contribution is -0.132. The van der Waals surface area contributed by atoms with E-state index >= 15 is 0 Å². The number of rotatable bonds is 4. The number of ether oxygens (including phenoxy) is 1. The largest absolute Gasteiger partial charge is 0.497 e. The summed E-state index contributed by atoms with van der Waals surface area (Å²) in [6.45, 7) is 4.11. The number of hydrogen-bond acceptors (Lipinski definition) is 2. The van der Waals surface area contributed by atoms with Gasteiger partial charge in [0.15, 0.2) is 0 Å². The zero-order valence-corrected chi connectivity index (χ0v) is 13.5. The number of methoxy groups -OCH3 is 1. The van der Waals surface area contributed by atoms with Crippen LogP contribution < -0.4 is 9.64 Å². The van der Waals surface area contributed by atoms with Crippen molar-refractivity contribution >= 4 is 11.6 Å². The quantitative estimate of drug-likeness (QED) is 0.792. The molecule has 1 aliphatic heterocycles. The zero-order valence-electron chi connectivity index (χ0n) is 13.5. The van der Waals surface area contributed by atoms with Gasteiger partial charge in [0.25, 0.3) is 0 Å². The third kappa shape index (κ3) is 2.69. The summed E-state index contributed by atoms with van der Waals surface area (Å²) in [5.74, 6) is 0.754. The van der Waals surface area contributed by atoms with E-state index in [1.165, 1.54) is 12.1 Å². The van der Waals surface area contributed by atoms with Gasteiger partial charge in [-0.3, -0.25) is 4.79 Å². The average Bonchev–Trinajstić information content (AvgIpc) is 2.54. The van der Waals surface area contributed by atoms with Gasteiger partial charge >= 0.3 is 0 Å². The van der Waals surface area contributed by atoms with Crippen LogP contribution in [0.25, 0.3) is 0 Å². The number of benzene rings is 2. The van der Waals surface area contributed by atoms with Crippen molar-refractivity contribution in [2.45, 2.75) is 19.9 Å². The minimum Gasteiger partial charge on any atom is -0.497 e. The molecule has 0 saturated carbocycles. The van der Waals surface area contributed by atoms with Crippen LogP contribution in [-0.2, 0) is 4.79 Å². The number of halogens is 1. The molecule has 0 unspecified atom stereocenters. The molecule has 0 N–H and O–H groups in total. The molecule has 3 nitrogen and oxygen atoms in total. The van der Waals surface area contributed by atoms with Crippen LogP contribution >= 0.6 is 0 Å². The highest BCUT2D eigenvalue weighted by Crippen LogP contribution is 2.46. The summed E-state index contributed by atoms with van der Waals surface area (Å²) in [6, 6.07) is 13.8. The summed E-state index contributed by atoms with van der Waals surface area (Å²) < 4.78 is 18.4. The second-order valence-corrected chi connectivity index (χ2v) is 6.17. The number of amides is 1. The molecule has 1 amide bonds. The van der Waals surface area contributed by atoms with Crippen molar-refractivity contribution in [1.82, 2.24) is 0 Å². The number of nitrogens with zero attached hydrogens (tertiary/aromatic N) is 1. The van der Waals surface area contributed by atoms with Crippen LogP contribution in [0, 0.1) is 17.7 Å². The summed E-state index contributed by atoms with van der Waals surface area (Å²) in [6.07, 6.45) is 0. The van der Waals surface area contributed by atoms with E-state index < -0.39 is 0 Å². The van der Waals surface area contributed by atoms with Gasteiger partial charge in [0.2, 0.25) is 5.91 Å². The third-order valence-electron chi connectivity index (χ3n) is 4.42. The fraction of sp³-hybridized carbons (Fsp3) is 0.316. The van der Waals surface area contributed by atoms with Gasteiger partial charge in [-0.2, -0.15) is 0 Å². The molecule has 0 radical (unpaired) electrons. The molecule has 0 aliphatic carbocycles. The predicted octanol–water partition coefficient (Wildman–Crippen LogP) is 4.19. The standard InChI is InChI=1S/C19H20FNO2/c1-12(2)17-18(13-4-10-16(23-3)11-5-13)21(19(17)22)15-8-6-14(20)7-9-15/h4-12,17-18H,1-3H3/t17-,18-/m0/s1. The van der Waals surface area contributed by atoms with Crippen LogP contribution in [0.15, 0.2) is 48.5 Å². The van der Waals surface area contributed by atoms with E-state index in [0.29, 0.717) is 0 Å². The molecular weight excluding hydrogens is 293 g/mol. The smallest absolute Gasteiger partial charge is 0.233 e. The Kier molecular flexibility index (Phi) is 4.07. The molecule has 1 fully saturated rings. The first-order chi connectivity index (χ1) is 11.0. The molecule has 2 aromatic carbocycles. The lowest BCUT2D eigenvalue weighted by atomic mass is 9.75. The first-order valence-electron chi connectivity index (χ1n) is 7.75. The molecule has 2 atom stereocenters. The van der Waals surface area contributed by atoms with Crippen molar-refractivity contribution in [3.63, 3.8) is 0 Å². The number of carbonyl (C=O) groups excluding carboxylic acids is 1. The molecule has 3 rings (SSSR count). The van der Waals surface area contributed by atoms with Gasteiger partial charge in [-0.05, 0) is 47.9 Å². The number of hydrogen-bond donors (Lipinski definition) is 0. The SMILES string of the molecule is COc1ccc([C@H]2[C@H](C(C)C)C(=O)N2c2ccc(F)cc2)cc1. The van der Waals surface area contributed by atoms with Crippen molar-refractivity contribution < 1.29 is 13.9 Å². The van der Waals surface area contributed by atoms with Crippen molar-refractivity contribution in [3.05, 3.63) is 59.9 Å². The van der Waals surface area contributed by atoms with E-state index in [1.54, 1.807) is 24.1 Å². The lowest BCUT2D eigenvalue weighted by Gasteiger charge is -2.49. The Hall–Kier alpha value is -2.36. The van der Waals surface area contributed by atoms with Crippen molar-refractivity contribution in [3.8, 4) is 5.75 Å². The Bertz CT molecular complexity index is 694. The van der Waals surface area contributed by atoms with E-state index in [0.717, 1.165) is 17.0 Å². The molecular formula is C19H20FNO2. The van der Waals surface area contributed by atoms with Crippen LogP contribution in [0.5, 0.6) is 5.75 Å². The van der Waals surface area contributed by atoms with Gasteiger partial charge < -0.3 is 9.64 Å². The molecule has 0 aromatic heterocycles. The van der Waals surface area contributed by atoms with E-state index in [-0.39, 0.29) is 29.6 Å². The fourth-order valence-electron chi connectivity index (χ4n) is 3.21. The maximum atomic E-state index is 13.2. The highest BCUT2D eigenvalue weighted by atomic mass is 19.1. The minimum atomic E-state index is -0.303. The topological polar surface area (TPSA) is 29.5 Å². The molecule has 1 heterocycles. The minimum absolute atomic E-state index is 0.0288. The van der Waals surface area contributed by atoms with Gasteiger partial charge in [-0.15, -0.1) is 0 Å². The average molecular weight is 313 g/mol. The molecule has 0 spiro atoms. The predicted molar refractivity (Wildman–Crippen MR) is 87.9 cm³/mol. The second kappa shape index (κ2) is 6.03. The molecule has 1 saturated heterocycles. The Morgan fingerprint density at radius 2 is 1.65 bits per heavy atom. The summed E-state index contributed by atoms with van der Waals surface area (Å²) in [4.78, 5) is 14.4. The maximum Gasteiger partial charge on any atom is 0.233 e. The molecule has 1 aliphatic rings. The van der Waals surface area contributed by atoms with Gasteiger partial charge in [0, 0.05) is 5.69 Å². The normalized spacial score (nSPS) is 20.6. The monoisotopic (exact) mass is 313 g/mol. The number of β-lactam (4-membered cyclic amide) rings is 1. The first kappa shape index (κ1) is 15.5. The van der Waals surface area contributed by atoms with Crippen molar-refractivity contribution in [1.29, 1.82) is 0 Å². The first-order valence-corrected chi connectivity index (χ1v) is 7.75.